The molecule has 1 aromatic carbocycles. The van der Waals surface area contributed by atoms with Crippen molar-refractivity contribution in [1.82, 2.24) is 10.2 Å². The second kappa shape index (κ2) is 6.75. The lowest BCUT2D eigenvalue weighted by Gasteiger charge is -2.38. The molecule has 2 N–H and O–H groups in total. The molecule has 122 valence electrons. The highest BCUT2D eigenvalue weighted by atomic mass is 19.1. The van der Waals surface area contributed by atoms with Crippen LogP contribution in [0.3, 0.4) is 0 Å². The first kappa shape index (κ1) is 16.9. The van der Waals surface area contributed by atoms with Crippen LogP contribution < -0.4 is 5.32 Å². The Labute approximate surface area is 133 Å². The zero-order valence-corrected chi connectivity index (χ0v) is 12.8. The second-order valence-electron chi connectivity index (χ2n) is 5.71. The summed E-state index contributed by atoms with van der Waals surface area (Å²) in [6.45, 7) is 0.465. The van der Waals surface area contributed by atoms with E-state index in [0.29, 0.717) is 19.4 Å². The molecule has 0 radical (unpaired) electrons. The first-order chi connectivity index (χ1) is 10.9. The SMILES string of the molecule is CNC(=O)CC1(O)CCCN(C(=O)c2ccc(F)c(C#N)c2)C1. The van der Waals surface area contributed by atoms with Crippen molar-refractivity contribution in [3.05, 3.63) is 35.1 Å². The second-order valence-corrected chi connectivity index (χ2v) is 5.71. The van der Waals surface area contributed by atoms with Crippen molar-refractivity contribution in [3.8, 4) is 6.07 Å². The van der Waals surface area contributed by atoms with E-state index in [1.807, 2.05) is 0 Å². The van der Waals surface area contributed by atoms with Gasteiger partial charge in [-0.15, -0.1) is 0 Å². The van der Waals surface area contributed by atoms with Gasteiger partial charge in [-0.2, -0.15) is 5.26 Å². The Balaban J connectivity index is 2.16. The van der Waals surface area contributed by atoms with Gasteiger partial charge in [0.25, 0.3) is 5.91 Å². The van der Waals surface area contributed by atoms with E-state index in [1.54, 1.807) is 6.07 Å². The van der Waals surface area contributed by atoms with Crippen LogP contribution in [0, 0.1) is 17.1 Å². The molecule has 0 saturated carbocycles. The van der Waals surface area contributed by atoms with Crippen molar-refractivity contribution in [2.24, 2.45) is 0 Å². The van der Waals surface area contributed by atoms with Crippen LogP contribution in [0.5, 0.6) is 0 Å². The molecule has 0 aromatic heterocycles. The molecule has 1 aromatic rings. The molecule has 7 heteroatoms. The number of benzene rings is 1. The Kier molecular flexibility index (Phi) is 4.96. The van der Waals surface area contributed by atoms with E-state index in [-0.39, 0.29) is 30.0 Å². The van der Waals surface area contributed by atoms with E-state index in [9.17, 15) is 19.1 Å². The van der Waals surface area contributed by atoms with Crippen molar-refractivity contribution in [2.75, 3.05) is 20.1 Å². The number of carbonyl (C=O) groups is 2. The molecule has 2 amide bonds. The van der Waals surface area contributed by atoms with Gasteiger partial charge in [-0.05, 0) is 31.0 Å². The van der Waals surface area contributed by atoms with Gasteiger partial charge < -0.3 is 15.3 Å². The molecule has 0 spiro atoms. The third-order valence-corrected chi connectivity index (χ3v) is 3.94. The fraction of sp³-hybridized carbons (Fsp3) is 0.438. The molecule has 0 aliphatic carbocycles. The number of hydrogen-bond donors (Lipinski definition) is 2. The van der Waals surface area contributed by atoms with Gasteiger partial charge in [-0.25, -0.2) is 4.39 Å². The van der Waals surface area contributed by atoms with E-state index in [2.05, 4.69) is 5.32 Å². The molecule has 23 heavy (non-hydrogen) atoms. The first-order valence-corrected chi connectivity index (χ1v) is 7.30. The zero-order chi connectivity index (χ0) is 17.0. The molecule has 1 heterocycles. The summed E-state index contributed by atoms with van der Waals surface area (Å²) in [5.41, 5.74) is -1.29. The smallest absolute Gasteiger partial charge is 0.253 e. The summed E-state index contributed by atoms with van der Waals surface area (Å²) >= 11 is 0. The maximum atomic E-state index is 13.3. The van der Waals surface area contributed by atoms with Gasteiger partial charge in [-0.3, -0.25) is 9.59 Å². The number of halogens is 1. The summed E-state index contributed by atoms with van der Waals surface area (Å²) in [4.78, 5) is 25.4. The number of hydrogen-bond acceptors (Lipinski definition) is 4. The predicted octanol–water partition coefficient (Wildman–Crippen LogP) is 0.801. The fourth-order valence-electron chi connectivity index (χ4n) is 2.74. The lowest BCUT2D eigenvalue weighted by molar-refractivity contribution is -0.127. The number of aliphatic hydroxyl groups is 1. The number of likely N-dealkylation sites (tertiary alicyclic amines) is 1. The Hall–Kier alpha value is -2.46. The predicted molar refractivity (Wildman–Crippen MR) is 79.9 cm³/mol. The van der Waals surface area contributed by atoms with E-state index in [4.69, 9.17) is 5.26 Å². The van der Waals surface area contributed by atoms with Crippen LogP contribution in [0.15, 0.2) is 18.2 Å². The summed E-state index contributed by atoms with van der Waals surface area (Å²) in [5, 5.41) is 21.8. The molecule has 1 aliphatic heterocycles. The lowest BCUT2D eigenvalue weighted by atomic mass is 9.89. The van der Waals surface area contributed by atoms with E-state index < -0.39 is 17.3 Å². The highest BCUT2D eigenvalue weighted by molar-refractivity contribution is 5.94. The largest absolute Gasteiger partial charge is 0.388 e. The quantitative estimate of drug-likeness (QED) is 0.862. The van der Waals surface area contributed by atoms with Gasteiger partial charge in [-0.1, -0.05) is 0 Å². The Morgan fingerprint density at radius 1 is 1.52 bits per heavy atom. The zero-order valence-electron chi connectivity index (χ0n) is 12.8. The number of β-amino-alcohol motifs (C(OH)–C–C–N with tert-alkyl or cyclic N) is 1. The molecular weight excluding hydrogens is 301 g/mol. The van der Waals surface area contributed by atoms with E-state index >= 15 is 0 Å². The summed E-state index contributed by atoms with van der Waals surface area (Å²) in [7, 11) is 1.49. The van der Waals surface area contributed by atoms with Crippen molar-refractivity contribution in [3.63, 3.8) is 0 Å². The van der Waals surface area contributed by atoms with Crippen molar-refractivity contribution in [1.29, 1.82) is 5.26 Å². The van der Waals surface area contributed by atoms with Gasteiger partial charge in [0.15, 0.2) is 0 Å². The summed E-state index contributed by atoms with van der Waals surface area (Å²) in [6.07, 6.45) is 0.905. The lowest BCUT2D eigenvalue weighted by Crippen LogP contribution is -2.52. The number of nitriles is 1. The van der Waals surface area contributed by atoms with E-state index in [1.165, 1.54) is 24.1 Å². The molecule has 1 atom stereocenters. The number of nitrogens with one attached hydrogen (secondary N) is 1. The molecule has 1 saturated heterocycles. The van der Waals surface area contributed by atoms with Crippen LogP contribution in [0.2, 0.25) is 0 Å². The molecular formula is C16H18FN3O3. The molecule has 1 fully saturated rings. The van der Waals surface area contributed by atoms with Crippen molar-refractivity contribution in [2.45, 2.75) is 24.9 Å². The van der Waals surface area contributed by atoms with Crippen molar-refractivity contribution >= 4 is 11.8 Å². The fourth-order valence-corrected chi connectivity index (χ4v) is 2.74. The average Bonchev–Trinajstić information content (AvgIpc) is 2.54. The van der Waals surface area contributed by atoms with Gasteiger partial charge in [0.2, 0.25) is 5.91 Å². The summed E-state index contributed by atoms with van der Waals surface area (Å²) in [6, 6.07) is 5.28. The molecule has 6 nitrogen and oxygen atoms in total. The van der Waals surface area contributed by atoms with Crippen molar-refractivity contribution < 1.29 is 19.1 Å². The Morgan fingerprint density at radius 3 is 2.91 bits per heavy atom. The topological polar surface area (TPSA) is 93.4 Å². The van der Waals surface area contributed by atoms with Crippen LogP contribution in [-0.4, -0.2) is 47.6 Å². The van der Waals surface area contributed by atoms with Crippen LogP contribution in [0.4, 0.5) is 4.39 Å². The third-order valence-electron chi connectivity index (χ3n) is 3.94. The first-order valence-electron chi connectivity index (χ1n) is 7.30. The van der Waals surface area contributed by atoms with Gasteiger partial charge in [0, 0.05) is 19.2 Å². The maximum absolute atomic E-state index is 13.3. The van der Waals surface area contributed by atoms with Crippen LogP contribution in [-0.2, 0) is 4.79 Å². The number of carbonyl (C=O) groups excluding carboxylic acids is 2. The number of rotatable bonds is 3. The van der Waals surface area contributed by atoms with E-state index in [0.717, 1.165) is 6.07 Å². The summed E-state index contributed by atoms with van der Waals surface area (Å²) in [5.74, 6) is -1.37. The number of nitrogens with zero attached hydrogens (tertiary/aromatic N) is 2. The standard InChI is InChI=1S/C16H18FN3O3/c1-19-14(21)8-16(23)5-2-6-20(10-16)15(22)11-3-4-13(17)12(7-11)9-18/h3-4,7,23H,2,5-6,8,10H2,1H3,(H,19,21). The van der Waals surface area contributed by atoms with Gasteiger partial charge in [0.05, 0.1) is 24.1 Å². The molecule has 1 unspecified atom stereocenters. The van der Waals surface area contributed by atoms with Crippen LogP contribution >= 0.6 is 0 Å². The monoisotopic (exact) mass is 319 g/mol. The van der Waals surface area contributed by atoms with Gasteiger partial charge in [0.1, 0.15) is 11.9 Å². The molecule has 1 aliphatic rings. The minimum Gasteiger partial charge on any atom is -0.388 e. The Morgan fingerprint density at radius 2 is 2.26 bits per heavy atom. The third kappa shape index (κ3) is 3.85. The average molecular weight is 319 g/mol. The summed E-state index contributed by atoms with van der Waals surface area (Å²) < 4.78 is 13.3. The number of piperidine rings is 1. The molecule has 2 rings (SSSR count). The highest BCUT2D eigenvalue weighted by Gasteiger charge is 2.37. The normalized spacial score (nSPS) is 20.7. The van der Waals surface area contributed by atoms with Crippen LogP contribution in [0.25, 0.3) is 0 Å². The van der Waals surface area contributed by atoms with Crippen LogP contribution in [0.1, 0.15) is 35.2 Å². The minimum atomic E-state index is -1.27. The minimum absolute atomic E-state index is 0.0263. The van der Waals surface area contributed by atoms with Gasteiger partial charge >= 0.3 is 0 Å². The Bertz CT molecular complexity index is 671. The number of amides is 2. The maximum Gasteiger partial charge on any atom is 0.253 e. The highest BCUT2D eigenvalue weighted by Crippen LogP contribution is 2.26. The molecule has 0 bridgehead atoms.